The molecule has 79 valence electrons. The summed E-state index contributed by atoms with van der Waals surface area (Å²) in [7, 11) is -2.85. The molecule has 0 aromatic carbocycles. The van der Waals surface area contributed by atoms with E-state index in [-0.39, 0.29) is 49.9 Å². The molecule has 0 aliphatic heterocycles. The summed E-state index contributed by atoms with van der Waals surface area (Å²) in [5, 5.41) is 0. The largest absolute Gasteiger partial charge is 3.00 e. The maximum Gasteiger partial charge on any atom is 3.00 e. The molecule has 0 aliphatic rings. The van der Waals surface area contributed by atoms with Crippen molar-refractivity contribution in [3.63, 3.8) is 0 Å². The Morgan fingerprint density at radius 3 is 0.545 bits per heavy atom. The molecule has 0 unspecified atom stereocenters. The summed E-state index contributed by atoms with van der Waals surface area (Å²) in [4.78, 5) is 0. The third-order valence-corrected chi connectivity index (χ3v) is 0. The number of hydrogen-bond donors (Lipinski definition) is 0. The van der Waals surface area contributed by atoms with Gasteiger partial charge in [0.2, 0.25) is 0 Å². The first kappa shape index (κ1) is 105. The van der Waals surface area contributed by atoms with E-state index in [9.17, 15) is 0 Å². The van der Waals surface area contributed by atoms with Crippen LogP contribution in [-0.2, 0) is 17.1 Å². The predicted molar refractivity (Wildman–Crippen MR) is 21.7 cm³/mol. The van der Waals surface area contributed by atoms with E-state index in [1.54, 1.807) is 0 Å². The Bertz CT molecular complexity index is 14.3. The van der Waals surface area contributed by atoms with Crippen molar-refractivity contribution in [2.45, 2.75) is 0 Å². The van der Waals surface area contributed by atoms with E-state index in [4.69, 9.17) is 14.0 Å². The first-order chi connectivity index (χ1) is 1.73. The summed E-state index contributed by atoms with van der Waals surface area (Å²) in [5.74, 6) is 0. The van der Waals surface area contributed by atoms with E-state index in [0.29, 0.717) is 0 Å². The molecular formula is H12ClFeO9+2. The molecule has 0 saturated carbocycles. The van der Waals surface area contributed by atoms with Crippen LogP contribution in [0.2, 0.25) is 0 Å². The van der Waals surface area contributed by atoms with Gasteiger partial charge in [0.15, 0.2) is 0 Å². The third kappa shape index (κ3) is 3690. The molecule has 0 saturated heterocycles. The summed E-state index contributed by atoms with van der Waals surface area (Å²) in [5.41, 5.74) is 0. The van der Waals surface area contributed by atoms with Gasteiger partial charge in [-0.25, -0.2) is 0 Å². The van der Waals surface area contributed by atoms with Crippen LogP contribution in [0.25, 0.3) is 0 Å². The Morgan fingerprint density at radius 2 is 0.545 bits per heavy atom. The average molecular weight is 247 g/mol. The van der Waals surface area contributed by atoms with Crippen LogP contribution >= 0.6 is 0 Å². The minimum absolute atomic E-state index is 0. The molecule has 0 bridgehead atoms. The number of hydrogen-bond acceptors (Lipinski definition) is 3. The molecule has 0 amide bonds. The zero-order chi connectivity index (χ0) is 3.58. The fraction of sp³-hybridized carbons (Fsp3) is 0. The molecule has 1 radical (unpaired) electrons. The standard InChI is InChI=1S/ClO3.Fe.6H2O/c2-1(3)4;;;;;;;/h;;6*1H2/q-1;+3;;;;;;. The van der Waals surface area contributed by atoms with Crippen LogP contribution in [-0.4, -0.2) is 32.9 Å². The molecule has 9 nitrogen and oxygen atoms in total. The Kier molecular flexibility index (Phi) is 749. The monoisotopic (exact) mass is 247 g/mol. The van der Waals surface area contributed by atoms with Crippen molar-refractivity contribution in [3.05, 3.63) is 0 Å². The molecule has 0 aromatic rings. The summed E-state index contributed by atoms with van der Waals surface area (Å²) in [6.45, 7) is 0. The Labute approximate surface area is 75.4 Å². The molecule has 0 atom stereocenters. The average Bonchev–Trinajstić information content (AvgIpc) is 0.811. The van der Waals surface area contributed by atoms with Gasteiger partial charge in [0, 0.05) is 0 Å². The van der Waals surface area contributed by atoms with Crippen LogP contribution in [0.1, 0.15) is 0 Å². The molecule has 0 aliphatic carbocycles. The van der Waals surface area contributed by atoms with Gasteiger partial charge in [-0.05, 0) is 0 Å². The fourth-order valence-corrected chi connectivity index (χ4v) is 0. The van der Waals surface area contributed by atoms with Crippen molar-refractivity contribution in [2.75, 3.05) is 0 Å². The maximum absolute atomic E-state index is 8.41. The second-order valence-electron chi connectivity index (χ2n) is 0.189. The molecule has 11 heavy (non-hydrogen) atoms. The second-order valence-corrected chi connectivity index (χ2v) is 0.567. The Morgan fingerprint density at radius 1 is 0.545 bits per heavy atom. The molecule has 12 N–H and O–H groups in total. The normalized spacial score (nSPS) is 3.27. The summed E-state index contributed by atoms with van der Waals surface area (Å²) >= 11 is 0. The first-order valence-electron chi connectivity index (χ1n) is 0.463. The Hall–Kier alpha value is 0.449. The van der Waals surface area contributed by atoms with Crippen molar-refractivity contribution in [1.82, 2.24) is 0 Å². The maximum atomic E-state index is 8.41. The van der Waals surface area contributed by atoms with Gasteiger partial charge in [0.05, 0.1) is 10.8 Å². The smallest absolute Gasteiger partial charge is 0.412 e. The molecule has 0 fully saturated rings. The van der Waals surface area contributed by atoms with Gasteiger partial charge in [-0.2, -0.15) is 0 Å². The SMILES string of the molecule is O.O.O.O.O.O.[Fe+3].[O-][Cl+2]([O-])[O-]. The van der Waals surface area contributed by atoms with Gasteiger partial charge in [-0.1, -0.05) is 0 Å². The topological polar surface area (TPSA) is 258 Å². The van der Waals surface area contributed by atoms with Crippen LogP contribution in [0.4, 0.5) is 0 Å². The van der Waals surface area contributed by atoms with E-state index in [2.05, 4.69) is 0 Å². The van der Waals surface area contributed by atoms with E-state index in [1.807, 2.05) is 0 Å². The zero-order valence-electron chi connectivity index (χ0n) is 4.96. The minimum atomic E-state index is -2.85. The van der Waals surface area contributed by atoms with Gasteiger partial charge in [-0.15, -0.1) is 0 Å². The van der Waals surface area contributed by atoms with E-state index < -0.39 is 10.8 Å². The predicted octanol–water partition coefficient (Wildman–Crippen LogP) is -8.52. The third-order valence-electron chi connectivity index (χ3n) is 0. The summed E-state index contributed by atoms with van der Waals surface area (Å²) in [6, 6.07) is 0. The van der Waals surface area contributed by atoms with Gasteiger partial charge >= 0.3 is 17.1 Å². The fourth-order valence-electron chi connectivity index (χ4n) is 0. The molecule has 11 heteroatoms. The molecule has 0 aromatic heterocycles. The van der Waals surface area contributed by atoms with Crippen molar-refractivity contribution < 1.29 is 74.7 Å². The molecule has 0 spiro atoms. The molecular weight excluding hydrogens is 235 g/mol. The summed E-state index contributed by atoms with van der Waals surface area (Å²) < 4.78 is 25.2. The van der Waals surface area contributed by atoms with Crippen molar-refractivity contribution in [3.8, 4) is 0 Å². The second kappa shape index (κ2) is 78.4. The number of halogens is 1. The van der Waals surface area contributed by atoms with Crippen LogP contribution < -0.4 is 14.0 Å². The van der Waals surface area contributed by atoms with Crippen LogP contribution in [0, 0.1) is 10.8 Å². The quantitative estimate of drug-likeness (QED) is 0.377. The van der Waals surface area contributed by atoms with Gasteiger partial charge in [-0.3, -0.25) is 0 Å². The Balaban J connectivity index is -0.00000000214. The van der Waals surface area contributed by atoms with E-state index in [0.717, 1.165) is 0 Å². The van der Waals surface area contributed by atoms with Crippen molar-refractivity contribution in [1.29, 1.82) is 0 Å². The van der Waals surface area contributed by atoms with Gasteiger partial charge < -0.3 is 46.8 Å². The van der Waals surface area contributed by atoms with E-state index in [1.165, 1.54) is 0 Å². The van der Waals surface area contributed by atoms with Crippen molar-refractivity contribution in [2.24, 2.45) is 0 Å². The van der Waals surface area contributed by atoms with Crippen LogP contribution in [0.3, 0.4) is 0 Å². The van der Waals surface area contributed by atoms with Crippen LogP contribution in [0.15, 0.2) is 0 Å². The van der Waals surface area contributed by atoms with Crippen molar-refractivity contribution >= 4 is 0 Å². The summed E-state index contributed by atoms with van der Waals surface area (Å²) in [6.07, 6.45) is 0. The minimum Gasteiger partial charge on any atom is -0.412 e. The van der Waals surface area contributed by atoms with Gasteiger partial charge in [0.25, 0.3) is 0 Å². The zero-order valence-corrected chi connectivity index (χ0v) is 6.82. The number of rotatable bonds is 0. The molecule has 0 heterocycles. The molecule has 0 rings (SSSR count). The first-order valence-corrected chi connectivity index (χ1v) is 1.39. The van der Waals surface area contributed by atoms with E-state index >= 15 is 0 Å². The van der Waals surface area contributed by atoms with Crippen LogP contribution in [0.5, 0.6) is 0 Å². The van der Waals surface area contributed by atoms with Gasteiger partial charge in [0.1, 0.15) is 0 Å².